The van der Waals surface area contributed by atoms with Crippen molar-refractivity contribution in [2.24, 2.45) is 5.90 Å². The van der Waals surface area contributed by atoms with Gasteiger partial charge in [0.05, 0.1) is 12.3 Å². The van der Waals surface area contributed by atoms with Crippen molar-refractivity contribution < 1.29 is 4.84 Å². The highest BCUT2D eigenvalue weighted by molar-refractivity contribution is 5.22. The van der Waals surface area contributed by atoms with Gasteiger partial charge in [-0.15, -0.1) is 0 Å². The lowest BCUT2D eigenvalue weighted by Crippen LogP contribution is -2.19. The van der Waals surface area contributed by atoms with E-state index >= 15 is 0 Å². The number of nitrogens with zero attached hydrogens (tertiary/aromatic N) is 2. The summed E-state index contributed by atoms with van der Waals surface area (Å²) in [7, 11) is 0. The first-order valence-corrected chi connectivity index (χ1v) is 3.96. The van der Waals surface area contributed by atoms with Crippen molar-refractivity contribution >= 4 is 0 Å². The maximum absolute atomic E-state index is 5.05. The lowest BCUT2D eigenvalue weighted by atomic mass is 10.0. The van der Waals surface area contributed by atoms with E-state index in [1.165, 1.54) is 0 Å². The summed E-state index contributed by atoms with van der Waals surface area (Å²) >= 11 is 0. The Morgan fingerprint density at radius 2 is 2.42 bits per heavy atom. The summed E-state index contributed by atoms with van der Waals surface area (Å²) in [5.41, 5.74) is 1.14. The fourth-order valence-electron chi connectivity index (χ4n) is 1.39. The predicted octanol–water partition coefficient (Wildman–Crippen LogP) is 0.398. The Morgan fingerprint density at radius 3 is 2.92 bits per heavy atom. The minimum absolute atomic E-state index is 0.0949. The van der Waals surface area contributed by atoms with Crippen LogP contribution in [-0.2, 0) is 10.3 Å². The van der Waals surface area contributed by atoms with Crippen LogP contribution < -0.4 is 5.90 Å². The largest absolute Gasteiger partial charge is 0.304 e. The monoisotopic (exact) mass is 165 g/mol. The zero-order valence-electron chi connectivity index (χ0n) is 6.73. The van der Waals surface area contributed by atoms with Crippen molar-refractivity contribution in [3.05, 3.63) is 24.3 Å². The van der Waals surface area contributed by atoms with Crippen molar-refractivity contribution in [3.63, 3.8) is 0 Å². The lowest BCUT2D eigenvalue weighted by Gasteiger charge is -2.11. The van der Waals surface area contributed by atoms with E-state index in [0.717, 1.165) is 18.5 Å². The highest BCUT2D eigenvalue weighted by atomic mass is 16.6. The Balaban J connectivity index is 2.19. The van der Waals surface area contributed by atoms with Gasteiger partial charge in [0.25, 0.3) is 0 Å². The van der Waals surface area contributed by atoms with Crippen LogP contribution in [-0.4, -0.2) is 16.6 Å². The maximum atomic E-state index is 5.05. The van der Waals surface area contributed by atoms with Gasteiger partial charge >= 0.3 is 0 Å². The summed E-state index contributed by atoms with van der Waals surface area (Å²) in [5.74, 6) is 5.05. The van der Waals surface area contributed by atoms with Gasteiger partial charge in [-0.05, 0) is 18.9 Å². The minimum atomic E-state index is 0.0949. The third-order valence-corrected chi connectivity index (χ3v) is 2.34. The van der Waals surface area contributed by atoms with Crippen LogP contribution in [0.3, 0.4) is 0 Å². The molecule has 4 nitrogen and oxygen atoms in total. The number of aromatic nitrogens is 2. The van der Waals surface area contributed by atoms with Gasteiger partial charge in [0, 0.05) is 11.6 Å². The average Bonchev–Trinajstić information content (AvgIpc) is 2.88. The van der Waals surface area contributed by atoms with Crippen LogP contribution in [0.5, 0.6) is 0 Å². The second-order valence-corrected chi connectivity index (χ2v) is 3.19. The van der Waals surface area contributed by atoms with Crippen LogP contribution in [0.4, 0.5) is 0 Å². The van der Waals surface area contributed by atoms with Gasteiger partial charge in [-0.25, -0.2) is 15.9 Å². The first-order chi connectivity index (χ1) is 5.87. The molecule has 0 spiro atoms. The van der Waals surface area contributed by atoms with Crippen LogP contribution in [0.25, 0.3) is 0 Å². The molecule has 1 fully saturated rings. The van der Waals surface area contributed by atoms with Crippen molar-refractivity contribution in [3.8, 4) is 0 Å². The summed E-state index contributed by atoms with van der Waals surface area (Å²) in [6.07, 6.45) is 5.53. The van der Waals surface area contributed by atoms with Crippen LogP contribution in [0.1, 0.15) is 18.5 Å². The summed E-state index contributed by atoms with van der Waals surface area (Å²) in [4.78, 5) is 12.7. The fraction of sp³-hybridized carbons (Fsp3) is 0.500. The fourth-order valence-corrected chi connectivity index (χ4v) is 1.39. The molecule has 1 saturated carbocycles. The Morgan fingerprint density at radius 1 is 1.58 bits per heavy atom. The summed E-state index contributed by atoms with van der Waals surface area (Å²) in [5, 5.41) is 0. The molecule has 1 aromatic heterocycles. The SMILES string of the molecule is NOCC1(c2ccncn2)CC1. The van der Waals surface area contributed by atoms with Crippen molar-refractivity contribution in [1.82, 2.24) is 9.97 Å². The van der Waals surface area contributed by atoms with Crippen LogP contribution in [0, 0.1) is 0 Å². The minimum Gasteiger partial charge on any atom is -0.304 e. The van der Waals surface area contributed by atoms with E-state index in [2.05, 4.69) is 14.8 Å². The molecule has 2 N–H and O–H groups in total. The molecule has 1 aliphatic carbocycles. The molecule has 4 heteroatoms. The Hall–Kier alpha value is -1.00. The first kappa shape index (κ1) is 7.64. The topological polar surface area (TPSA) is 61.0 Å². The van der Waals surface area contributed by atoms with Gasteiger partial charge in [-0.2, -0.15) is 0 Å². The molecule has 0 aromatic carbocycles. The van der Waals surface area contributed by atoms with Crippen molar-refractivity contribution in [2.75, 3.05) is 6.61 Å². The van der Waals surface area contributed by atoms with Gasteiger partial charge in [0.15, 0.2) is 0 Å². The molecular formula is C8H11N3O. The highest BCUT2D eigenvalue weighted by Gasteiger charge is 2.45. The van der Waals surface area contributed by atoms with E-state index in [4.69, 9.17) is 5.90 Å². The number of rotatable bonds is 3. The molecule has 1 aromatic rings. The molecule has 0 bridgehead atoms. The van der Waals surface area contributed by atoms with Gasteiger partial charge in [-0.3, -0.25) is 0 Å². The molecule has 0 unspecified atom stereocenters. The van der Waals surface area contributed by atoms with E-state index in [9.17, 15) is 0 Å². The van der Waals surface area contributed by atoms with E-state index in [0.29, 0.717) is 6.61 Å². The van der Waals surface area contributed by atoms with Gasteiger partial charge < -0.3 is 4.84 Å². The standard InChI is InChI=1S/C8H11N3O/c9-12-5-8(2-3-8)7-1-4-10-6-11-7/h1,4,6H,2-3,5,9H2. The van der Waals surface area contributed by atoms with E-state index in [-0.39, 0.29) is 5.41 Å². The third kappa shape index (κ3) is 1.19. The van der Waals surface area contributed by atoms with Gasteiger partial charge in [0.2, 0.25) is 0 Å². The Labute approximate surface area is 70.7 Å². The lowest BCUT2D eigenvalue weighted by molar-refractivity contribution is 0.115. The highest BCUT2D eigenvalue weighted by Crippen LogP contribution is 2.46. The number of hydrogen-bond acceptors (Lipinski definition) is 4. The molecular weight excluding hydrogens is 154 g/mol. The summed E-state index contributed by atoms with van der Waals surface area (Å²) in [6.45, 7) is 0.560. The average molecular weight is 165 g/mol. The zero-order chi connectivity index (χ0) is 8.44. The molecule has 12 heavy (non-hydrogen) atoms. The number of hydrogen-bond donors (Lipinski definition) is 1. The molecule has 2 rings (SSSR count). The number of nitrogens with two attached hydrogens (primary N) is 1. The Bertz CT molecular complexity index is 258. The predicted molar refractivity (Wildman–Crippen MR) is 43.1 cm³/mol. The maximum Gasteiger partial charge on any atom is 0.115 e. The first-order valence-electron chi connectivity index (χ1n) is 3.96. The summed E-state index contributed by atoms with van der Waals surface area (Å²) in [6, 6.07) is 1.92. The molecule has 0 aliphatic heterocycles. The molecule has 0 amide bonds. The molecule has 64 valence electrons. The quantitative estimate of drug-likeness (QED) is 0.658. The molecule has 1 heterocycles. The smallest absolute Gasteiger partial charge is 0.115 e. The van der Waals surface area contributed by atoms with E-state index < -0.39 is 0 Å². The van der Waals surface area contributed by atoms with Crippen molar-refractivity contribution in [2.45, 2.75) is 18.3 Å². The Kier molecular flexibility index (Phi) is 1.78. The van der Waals surface area contributed by atoms with E-state index in [1.54, 1.807) is 12.5 Å². The zero-order valence-corrected chi connectivity index (χ0v) is 6.73. The molecule has 0 radical (unpaired) electrons. The molecule has 0 saturated heterocycles. The summed E-state index contributed by atoms with van der Waals surface area (Å²) < 4.78 is 0. The van der Waals surface area contributed by atoms with Gasteiger partial charge in [-0.1, -0.05) is 0 Å². The molecule has 0 atom stereocenters. The van der Waals surface area contributed by atoms with E-state index in [1.807, 2.05) is 6.07 Å². The second kappa shape index (κ2) is 2.80. The van der Waals surface area contributed by atoms with Crippen LogP contribution >= 0.6 is 0 Å². The normalized spacial score (nSPS) is 19.1. The van der Waals surface area contributed by atoms with Crippen molar-refractivity contribution in [1.29, 1.82) is 0 Å². The van der Waals surface area contributed by atoms with Crippen LogP contribution in [0.15, 0.2) is 18.6 Å². The third-order valence-electron chi connectivity index (χ3n) is 2.34. The second-order valence-electron chi connectivity index (χ2n) is 3.19. The van der Waals surface area contributed by atoms with Crippen LogP contribution in [0.2, 0.25) is 0 Å². The van der Waals surface area contributed by atoms with Gasteiger partial charge in [0.1, 0.15) is 6.33 Å². The molecule has 1 aliphatic rings.